The van der Waals surface area contributed by atoms with Gasteiger partial charge in [0.1, 0.15) is 5.75 Å². The molecule has 0 aliphatic carbocycles. The second-order valence-corrected chi connectivity index (χ2v) is 7.27. The Labute approximate surface area is 166 Å². The molecule has 0 unspecified atom stereocenters. The number of rotatable bonds is 7. The molecule has 0 saturated carbocycles. The molecule has 4 N–H and O–H groups in total. The van der Waals surface area contributed by atoms with Gasteiger partial charge in [0.2, 0.25) is 5.95 Å². The molecule has 3 aromatic rings. The Balaban J connectivity index is 1.75. The van der Waals surface area contributed by atoms with Gasteiger partial charge in [-0.15, -0.1) is 0 Å². The molecule has 2 aromatic heterocycles. The topological polar surface area (TPSA) is 125 Å². The molecular formula is C19H21FN6O3. The minimum Gasteiger partial charge on any atom is -0.482 e. The van der Waals surface area contributed by atoms with E-state index < -0.39 is 18.4 Å². The number of ether oxygens (including phenoxy) is 1. The number of hydrogen-bond acceptors (Lipinski definition) is 7. The van der Waals surface area contributed by atoms with Gasteiger partial charge < -0.3 is 20.5 Å². The summed E-state index contributed by atoms with van der Waals surface area (Å²) in [5.74, 6) is -0.793. The maximum Gasteiger partial charge on any atom is 0.341 e. The number of aliphatic carboxylic acids is 1. The van der Waals surface area contributed by atoms with Crippen molar-refractivity contribution in [3.63, 3.8) is 0 Å². The van der Waals surface area contributed by atoms with Crippen LogP contribution in [0.4, 0.5) is 27.7 Å². The average Bonchev–Trinajstić information content (AvgIpc) is 3.12. The number of carboxylic acids is 1. The van der Waals surface area contributed by atoms with Crippen molar-refractivity contribution in [3.8, 4) is 5.75 Å². The summed E-state index contributed by atoms with van der Waals surface area (Å²) < 4.78 is 19.3. The Morgan fingerprint density at radius 1 is 1.28 bits per heavy atom. The van der Waals surface area contributed by atoms with Crippen molar-refractivity contribution >= 4 is 29.2 Å². The van der Waals surface area contributed by atoms with Crippen LogP contribution in [0.1, 0.15) is 26.5 Å². The molecule has 0 saturated heterocycles. The number of anilines is 4. The summed E-state index contributed by atoms with van der Waals surface area (Å²) >= 11 is 0. The summed E-state index contributed by atoms with van der Waals surface area (Å²) in [5.41, 5.74) is 1.32. The summed E-state index contributed by atoms with van der Waals surface area (Å²) in [5, 5.41) is 21.5. The van der Waals surface area contributed by atoms with Crippen LogP contribution in [-0.4, -0.2) is 37.8 Å². The Bertz CT molecular complexity index is 1020. The molecule has 10 heteroatoms. The molecule has 0 amide bonds. The first kappa shape index (κ1) is 20.1. The zero-order chi connectivity index (χ0) is 21.0. The predicted octanol–water partition coefficient (Wildman–Crippen LogP) is 3.59. The molecule has 1 aromatic carbocycles. The van der Waals surface area contributed by atoms with E-state index in [-0.39, 0.29) is 17.2 Å². The molecule has 2 heterocycles. The molecule has 0 radical (unpaired) electrons. The van der Waals surface area contributed by atoms with Crippen LogP contribution in [0.25, 0.3) is 0 Å². The molecule has 152 valence electrons. The molecule has 0 atom stereocenters. The number of benzene rings is 1. The van der Waals surface area contributed by atoms with Gasteiger partial charge in [-0.1, -0.05) is 26.8 Å². The first-order chi connectivity index (χ1) is 13.7. The number of nitrogens with zero attached hydrogens (tertiary/aromatic N) is 3. The van der Waals surface area contributed by atoms with E-state index in [0.717, 1.165) is 11.9 Å². The molecular weight excluding hydrogens is 379 g/mol. The van der Waals surface area contributed by atoms with Crippen molar-refractivity contribution in [1.82, 2.24) is 20.2 Å². The van der Waals surface area contributed by atoms with Gasteiger partial charge in [-0.2, -0.15) is 10.1 Å². The van der Waals surface area contributed by atoms with Crippen LogP contribution < -0.4 is 15.4 Å². The number of aromatic amines is 1. The van der Waals surface area contributed by atoms with Gasteiger partial charge in [0.25, 0.3) is 0 Å². The SMILES string of the molecule is CC(C)(C)c1cc(Nc2nc(Nc3cccc(OCC(=O)O)c3)ncc2F)n[nH]1. The Morgan fingerprint density at radius 3 is 2.76 bits per heavy atom. The van der Waals surface area contributed by atoms with Crippen molar-refractivity contribution in [3.05, 3.63) is 48.0 Å². The van der Waals surface area contributed by atoms with Gasteiger partial charge in [0, 0.05) is 28.9 Å². The van der Waals surface area contributed by atoms with Crippen molar-refractivity contribution < 1.29 is 19.0 Å². The maximum absolute atomic E-state index is 14.1. The van der Waals surface area contributed by atoms with Crippen molar-refractivity contribution in [2.45, 2.75) is 26.2 Å². The molecule has 0 aliphatic rings. The second kappa shape index (κ2) is 8.13. The lowest BCUT2D eigenvalue weighted by molar-refractivity contribution is -0.139. The quantitative estimate of drug-likeness (QED) is 0.474. The second-order valence-electron chi connectivity index (χ2n) is 7.27. The van der Waals surface area contributed by atoms with Crippen molar-refractivity contribution in [2.24, 2.45) is 0 Å². The smallest absolute Gasteiger partial charge is 0.341 e. The average molecular weight is 400 g/mol. The van der Waals surface area contributed by atoms with Gasteiger partial charge in [-0.05, 0) is 12.1 Å². The lowest BCUT2D eigenvalue weighted by Crippen LogP contribution is -2.11. The number of hydrogen-bond donors (Lipinski definition) is 4. The first-order valence-corrected chi connectivity index (χ1v) is 8.78. The number of carboxylic acid groups (broad SMARTS) is 1. The summed E-state index contributed by atoms with van der Waals surface area (Å²) in [6, 6.07) is 8.40. The van der Waals surface area contributed by atoms with E-state index >= 15 is 0 Å². The third kappa shape index (κ3) is 5.41. The molecule has 9 nitrogen and oxygen atoms in total. The highest BCUT2D eigenvalue weighted by atomic mass is 19.1. The predicted molar refractivity (Wildman–Crippen MR) is 105 cm³/mol. The normalized spacial score (nSPS) is 11.2. The van der Waals surface area contributed by atoms with E-state index in [1.807, 2.05) is 20.8 Å². The van der Waals surface area contributed by atoms with Crippen LogP contribution >= 0.6 is 0 Å². The fourth-order valence-corrected chi connectivity index (χ4v) is 2.34. The number of H-pyrrole nitrogens is 1. The van der Waals surface area contributed by atoms with E-state index in [1.54, 1.807) is 30.3 Å². The van der Waals surface area contributed by atoms with Gasteiger partial charge >= 0.3 is 5.97 Å². The van der Waals surface area contributed by atoms with Crippen LogP contribution in [0.15, 0.2) is 36.5 Å². The van der Waals surface area contributed by atoms with E-state index in [0.29, 0.717) is 17.3 Å². The van der Waals surface area contributed by atoms with Crippen LogP contribution in [0.5, 0.6) is 5.75 Å². The Hall–Kier alpha value is -3.69. The van der Waals surface area contributed by atoms with Gasteiger partial charge in [0.05, 0.1) is 6.20 Å². The zero-order valence-electron chi connectivity index (χ0n) is 16.2. The summed E-state index contributed by atoms with van der Waals surface area (Å²) in [4.78, 5) is 18.7. The fraction of sp³-hybridized carbons (Fsp3) is 0.263. The maximum atomic E-state index is 14.1. The number of carbonyl (C=O) groups is 1. The number of nitrogens with one attached hydrogen (secondary N) is 3. The zero-order valence-corrected chi connectivity index (χ0v) is 16.2. The third-order valence-electron chi connectivity index (χ3n) is 3.83. The standard InChI is InChI=1S/C19H21FN6O3/c1-19(2,3)14-8-15(26-25-14)23-17-13(20)9-21-18(24-17)22-11-5-4-6-12(7-11)29-10-16(27)28/h4-9H,10H2,1-3H3,(H,27,28)(H3,21,22,23,24,25,26). The minimum atomic E-state index is -1.08. The highest BCUT2D eigenvalue weighted by Crippen LogP contribution is 2.25. The van der Waals surface area contributed by atoms with Crippen LogP contribution in [0.3, 0.4) is 0 Å². The Morgan fingerprint density at radius 2 is 2.07 bits per heavy atom. The van der Waals surface area contributed by atoms with Gasteiger partial charge in [-0.25, -0.2) is 14.2 Å². The molecule has 3 rings (SSSR count). The first-order valence-electron chi connectivity index (χ1n) is 8.78. The summed E-state index contributed by atoms with van der Waals surface area (Å²) in [6.07, 6.45) is 1.04. The van der Waals surface area contributed by atoms with E-state index in [2.05, 4.69) is 30.8 Å². The number of aromatic nitrogens is 4. The highest BCUT2D eigenvalue weighted by Gasteiger charge is 2.17. The number of halogens is 1. The van der Waals surface area contributed by atoms with Gasteiger partial charge in [-0.3, -0.25) is 5.10 Å². The minimum absolute atomic E-state index is 0.0345. The lowest BCUT2D eigenvalue weighted by Gasteiger charge is -2.14. The molecule has 0 spiro atoms. The molecule has 29 heavy (non-hydrogen) atoms. The van der Waals surface area contributed by atoms with Crippen LogP contribution in [-0.2, 0) is 10.2 Å². The highest BCUT2D eigenvalue weighted by molar-refractivity contribution is 5.68. The molecule has 0 fully saturated rings. The molecule has 0 bridgehead atoms. The Kier molecular flexibility index (Phi) is 5.62. The molecule has 0 aliphatic heterocycles. The van der Waals surface area contributed by atoms with Gasteiger partial charge in [0.15, 0.2) is 24.1 Å². The van der Waals surface area contributed by atoms with E-state index in [4.69, 9.17) is 9.84 Å². The monoisotopic (exact) mass is 400 g/mol. The van der Waals surface area contributed by atoms with E-state index in [9.17, 15) is 9.18 Å². The lowest BCUT2D eigenvalue weighted by atomic mass is 9.92. The summed E-state index contributed by atoms with van der Waals surface area (Å²) in [6.45, 7) is 5.65. The van der Waals surface area contributed by atoms with Crippen molar-refractivity contribution in [1.29, 1.82) is 0 Å². The van der Waals surface area contributed by atoms with E-state index in [1.165, 1.54) is 0 Å². The van der Waals surface area contributed by atoms with Crippen LogP contribution in [0.2, 0.25) is 0 Å². The summed E-state index contributed by atoms with van der Waals surface area (Å²) in [7, 11) is 0. The third-order valence-corrected chi connectivity index (χ3v) is 3.83. The van der Waals surface area contributed by atoms with Crippen molar-refractivity contribution in [2.75, 3.05) is 17.2 Å². The largest absolute Gasteiger partial charge is 0.482 e. The van der Waals surface area contributed by atoms with Crippen LogP contribution in [0, 0.1) is 5.82 Å². The fourth-order valence-electron chi connectivity index (χ4n) is 2.34.